The fraction of sp³-hybridized carbons (Fsp3) is 0.476. The Morgan fingerprint density at radius 3 is 2.67 bits per heavy atom. The van der Waals surface area contributed by atoms with Gasteiger partial charge in [0.25, 0.3) is 5.91 Å². The first-order valence-corrected chi connectivity index (χ1v) is 10.8. The van der Waals surface area contributed by atoms with E-state index in [1.165, 1.54) is 36.1 Å². The molecule has 1 saturated heterocycles. The molecule has 140 valence electrons. The first kappa shape index (κ1) is 16.9. The van der Waals surface area contributed by atoms with Gasteiger partial charge in [-0.25, -0.2) is 9.97 Å². The Morgan fingerprint density at radius 2 is 1.85 bits per heavy atom. The number of thiophene rings is 1. The van der Waals surface area contributed by atoms with Crippen molar-refractivity contribution in [3.05, 3.63) is 46.0 Å². The van der Waals surface area contributed by atoms with Crippen molar-refractivity contribution in [2.75, 3.05) is 13.1 Å². The van der Waals surface area contributed by atoms with E-state index in [1.54, 1.807) is 17.7 Å². The predicted molar refractivity (Wildman–Crippen MR) is 107 cm³/mol. The molecular weight excluding hydrogens is 356 g/mol. The van der Waals surface area contributed by atoms with Crippen molar-refractivity contribution in [1.82, 2.24) is 19.9 Å². The second kappa shape index (κ2) is 7.08. The molecule has 2 fully saturated rings. The summed E-state index contributed by atoms with van der Waals surface area (Å²) >= 11 is 1.72. The summed E-state index contributed by atoms with van der Waals surface area (Å²) in [7, 11) is 0. The van der Waals surface area contributed by atoms with Crippen LogP contribution in [0.4, 0.5) is 0 Å². The highest BCUT2D eigenvalue weighted by molar-refractivity contribution is 7.14. The number of pyridine rings is 1. The van der Waals surface area contributed by atoms with Crippen LogP contribution in [0.5, 0.6) is 0 Å². The number of rotatable bonds is 3. The Bertz CT molecular complexity index is 948. The Labute approximate surface area is 162 Å². The number of hydrogen-bond acceptors (Lipinski definition) is 4. The number of aromatic amines is 1. The molecule has 0 unspecified atom stereocenters. The maximum Gasteiger partial charge on any atom is 0.263 e. The second-order valence-electron chi connectivity index (χ2n) is 7.75. The first-order chi connectivity index (χ1) is 13.3. The van der Waals surface area contributed by atoms with Crippen molar-refractivity contribution in [3.8, 4) is 0 Å². The fourth-order valence-corrected chi connectivity index (χ4v) is 5.79. The maximum absolute atomic E-state index is 13.0. The van der Waals surface area contributed by atoms with Gasteiger partial charge in [0.2, 0.25) is 0 Å². The molecule has 5 nitrogen and oxygen atoms in total. The SMILES string of the molecule is O=C(c1ccc(C2CCCC2)s1)N1CCC(c2ccnc3[nH]cnc23)CC1. The quantitative estimate of drug-likeness (QED) is 0.716. The molecule has 27 heavy (non-hydrogen) atoms. The van der Waals surface area contributed by atoms with Crippen molar-refractivity contribution in [2.24, 2.45) is 0 Å². The van der Waals surface area contributed by atoms with Gasteiger partial charge in [-0.1, -0.05) is 12.8 Å². The molecule has 0 atom stereocenters. The van der Waals surface area contributed by atoms with Crippen LogP contribution in [0, 0.1) is 0 Å². The van der Waals surface area contributed by atoms with E-state index in [0.717, 1.165) is 42.0 Å². The molecule has 3 aromatic rings. The van der Waals surface area contributed by atoms with Gasteiger partial charge in [0.05, 0.1) is 11.2 Å². The number of H-pyrrole nitrogens is 1. The molecule has 1 N–H and O–H groups in total. The summed E-state index contributed by atoms with van der Waals surface area (Å²) in [6.45, 7) is 1.63. The summed E-state index contributed by atoms with van der Waals surface area (Å²) < 4.78 is 0. The molecule has 5 rings (SSSR count). The summed E-state index contributed by atoms with van der Waals surface area (Å²) in [5, 5.41) is 0. The summed E-state index contributed by atoms with van der Waals surface area (Å²) in [5.41, 5.74) is 3.08. The molecule has 0 radical (unpaired) electrons. The third-order valence-corrected chi connectivity index (χ3v) is 7.40. The van der Waals surface area contributed by atoms with E-state index in [0.29, 0.717) is 11.8 Å². The van der Waals surface area contributed by atoms with Crippen molar-refractivity contribution in [1.29, 1.82) is 0 Å². The molecule has 4 heterocycles. The van der Waals surface area contributed by atoms with Gasteiger partial charge in [0.1, 0.15) is 5.52 Å². The lowest BCUT2D eigenvalue weighted by atomic mass is 9.89. The smallest absolute Gasteiger partial charge is 0.263 e. The van der Waals surface area contributed by atoms with Crippen LogP contribution < -0.4 is 0 Å². The van der Waals surface area contributed by atoms with E-state index in [1.807, 2.05) is 17.2 Å². The standard InChI is InChI=1S/C21H24N4OS/c26-21(18-6-5-17(27-18)15-3-1-2-4-15)25-11-8-14(9-12-25)16-7-10-22-20-19(16)23-13-24-20/h5-7,10,13-15H,1-4,8-9,11-12H2,(H,22,23,24). The van der Waals surface area contributed by atoms with Crippen LogP contribution in [0.3, 0.4) is 0 Å². The van der Waals surface area contributed by atoms with Gasteiger partial charge >= 0.3 is 0 Å². The average Bonchev–Trinajstić information content (AvgIpc) is 3.48. The van der Waals surface area contributed by atoms with Gasteiger partial charge < -0.3 is 9.88 Å². The highest BCUT2D eigenvalue weighted by Crippen LogP contribution is 2.38. The summed E-state index contributed by atoms with van der Waals surface area (Å²) in [6, 6.07) is 6.31. The van der Waals surface area contributed by atoms with Crippen molar-refractivity contribution in [2.45, 2.75) is 50.4 Å². The number of nitrogens with one attached hydrogen (secondary N) is 1. The molecule has 2 aliphatic rings. The Balaban J connectivity index is 1.26. The molecule has 1 aliphatic carbocycles. The minimum Gasteiger partial charge on any atom is -0.338 e. The third-order valence-electron chi connectivity index (χ3n) is 6.17. The molecule has 0 spiro atoms. The van der Waals surface area contributed by atoms with Crippen LogP contribution in [0.25, 0.3) is 11.2 Å². The van der Waals surface area contributed by atoms with Crippen LogP contribution in [0.2, 0.25) is 0 Å². The number of hydrogen-bond donors (Lipinski definition) is 1. The van der Waals surface area contributed by atoms with Gasteiger partial charge in [0, 0.05) is 24.2 Å². The first-order valence-electron chi connectivity index (χ1n) is 9.96. The van der Waals surface area contributed by atoms with E-state index in [9.17, 15) is 4.79 Å². The molecule has 1 saturated carbocycles. The van der Waals surface area contributed by atoms with E-state index in [2.05, 4.69) is 27.1 Å². The van der Waals surface area contributed by atoms with Gasteiger partial charge in [-0.15, -0.1) is 11.3 Å². The van der Waals surface area contributed by atoms with E-state index >= 15 is 0 Å². The van der Waals surface area contributed by atoms with Crippen LogP contribution in [0.1, 0.15) is 70.5 Å². The Kier molecular flexibility index (Phi) is 4.44. The number of fused-ring (bicyclic) bond motifs is 1. The summed E-state index contributed by atoms with van der Waals surface area (Å²) in [4.78, 5) is 29.2. The van der Waals surface area contributed by atoms with Crippen LogP contribution in [0.15, 0.2) is 30.7 Å². The molecule has 0 aromatic carbocycles. The fourth-order valence-electron chi connectivity index (χ4n) is 4.64. The molecule has 1 aliphatic heterocycles. The average molecular weight is 381 g/mol. The maximum atomic E-state index is 13.0. The number of piperidine rings is 1. The zero-order valence-electron chi connectivity index (χ0n) is 15.4. The van der Waals surface area contributed by atoms with Gasteiger partial charge in [-0.05, 0) is 61.3 Å². The van der Waals surface area contributed by atoms with Crippen molar-refractivity contribution < 1.29 is 4.79 Å². The zero-order chi connectivity index (χ0) is 18.2. The number of carbonyl (C=O) groups is 1. The largest absolute Gasteiger partial charge is 0.338 e. The van der Waals surface area contributed by atoms with E-state index in [-0.39, 0.29) is 5.91 Å². The highest BCUT2D eigenvalue weighted by atomic mass is 32.1. The van der Waals surface area contributed by atoms with Crippen molar-refractivity contribution >= 4 is 28.4 Å². The number of carbonyl (C=O) groups excluding carboxylic acids is 1. The predicted octanol–water partition coefficient (Wildman–Crippen LogP) is 4.70. The molecule has 3 aromatic heterocycles. The minimum atomic E-state index is 0.211. The zero-order valence-corrected chi connectivity index (χ0v) is 16.2. The number of aromatic nitrogens is 3. The van der Waals surface area contributed by atoms with Gasteiger partial charge in [0.15, 0.2) is 5.65 Å². The number of imidazole rings is 1. The van der Waals surface area contributed by atoms with Crippen LogP contribution >= 0.6 is 11.3 Å². The van der Waals surface area contributed by atoms with Crippen LogP contribution in [-0.2, 0) is 0 Å². The molecule has 6 heteroatoms. The number of likely N-dealkylation sites (tertiary alicyclic amines) is 1. The topological polar surface area (TPSA) is 61.9 Å². The van der Waals surface area contributed by atoms with Gasteiger partial charge in [-0.2, -0.15) is 0 Å². The number of amides is 1. The monoisotopic (exact) mass is 380 g/mol. The summed E-state index contributed by atoms with van der Waals surface area (Å²) in [6.07, 6.45) is 10.8. The lowest BCUT2D eigenvalue weighted by Crippen LogP contribution is -2.37. The number of nitrogens with zero attached hydrogens (tertiary/aromatic N) is 3. The molecular formula is C21H24N4OS. The van der Waals surface area contributed by atoms with Gasteiger partial charge in [-0.3, -0.25) is 4.79 Å². The van der Waals surface area contributed by atoms with E-state index in [4.69, 9.17) is 0 Å². The second-order valence-corrected chi connectivity index (χ2v) is 8.87. The lowest BCUT2D eigenvalue weighted by Gasteiger charge is -2.32. The molecule has 0 bridgehead atoms. The summed E-state index contributed by atoms with van der Waals surface area (Å²) in [5.74, 6) is 1.34. The van der Waals surface area contributed by atoms with E-state index < -0.39 is 0 Å². The van der Waals surface area contributed by atoms with Crippen LogP contribution in [-0.4, -0.2) is 38.8 Å². The lowest BCUT2D eigenvalue weighted by molar-refractivity contribution is 0.0718. The normalized spacial score (nSPS) is 19.2. The Hall–Kier alpha value is -2.21. The highest BCUT2D eigenvalue weighted by Gasteiger charge is 2.27. The Morgan fingerprint density at radius 1 is 1.04 bits per heavy atom. The van der Waals surface area contributed by atoms with Crippen molar-refractivity contribution in [3.63, 3.8) is 0 Å². The minimum absolute atomic E-state index is 0.211. The third kappa shape index (κ3) is 3.16. The molecule has 1 amide bonds.